The average molecular weight is 256 g/mol. The highest BCUT2D eigenvalue weighted by Crippen LogP contribution is 2.18. The van der Waals surface area contributed by atoms with Gasteiger partial charge in [0, 0.05) is 12.2 Å². The summed E-state index contributed by atoms with van der Waals surface area (Å²) in [4.78, 5) is 10.4. The first-order valence-corrected chi connectivity index (χ1v) is 5.95. The number of aliphatic carboxylic acids is 1. The van der Waals surface area contributed by atoms with Crippen LogP contribution in [0.1, 0.15) is 23.7 Å². The van der Waals surface area contributed by atoms with Crippen LogP contribution in [0.5, 0.6) is 0 Å². The lowest BCUT2D eigenvalue weighted by Crippen LogP contribution is -2.19. The number of rotatable bonds is 6. The molecule has 1 aromatic carbocycles. The van der Waals surface area contributed by atoms with Crippen LogP contribution in [0.15, 0.2) is 24.3 Å². The Labute approximate surface area is 105 Å². The summed E-state index contributed by atoms with van der Waals surface area (Å²) in [6.45, 7) is 0. The Morgan fingerprint density at radius 2 is 1.82 bits per heavy atom. The van der Waals surface area contributed by atoms with E-state index in [-0.39, 0.29) is 12.2 Å². The van der Waals surface area contributed by atoms with Gasteiger partial charge >= 0.3 is 5.97 Å². The number of hydrogen-bond acceptors (Lipinski definition) is 4. The van der Waals surface area contributed by atoms with Crippen LogP contribution in [0.25, 0.3) is 0 Å². The topological polar surface area (TPSA) is 77.8 Å². The lowest BCUT2D eigenvalue weighted by Gasteiger charge is -2.16. The standard InChI is InChI=1S/C12H16O4S/c13-10(7-17)12(16)9-4-1-8(2-5-9)3-6-11(14)15/h1-2,4-5,10,12-13,16-17H,3,6-7H2,(H,14,15). The van der Waals surface area contributed by atoms with E-state index in [1.165, 1.54) is 0 Å². The van der Waals surface area contributed by atoms with E-state index in [4.69, 9.17) is 5.11 Å². The number of benzene rings is 1. The summed E-state index contributed by atoms with van der Waals surface area (Å²) in [7, 11) is 0. The first-order chi connectivity index (χ1) is 8.04. The number of carboxylic acid groups (broad SMARTS) is 1. The molecule has 0 bridgehead atoms. The third-order valence-corrected chi connectivity index (χ3v) is 2.87. The van der Waals surface area contributed by atoms with Crippen molar-refractivity contribution in [2.24, 2.45) is 0 Å². The predicted octanol–water partition coefficient (Wildman–Crippen LogP) is 1.03. The Morgan fingerprint density at radius 1 is 1.24 bits per heavy atom. The molecule has 2 unspecified atom stereocenters. The van der Waals surface area contributed by atoms with Crippen LogP contribution >= 0.6 is 12.6 Å². The fraction of sp³-hybridized carbons (Fsp3) is 0.417. The normalized spacial score (nSPS) is 14.3. The van der Waals surface area contributed by atoms with E-state index in [1.54, 1.807) is 24.3 Å². The molecule has 0 aliphatic carbocycles. The lowest BCUT2D eigenvalue weighted by molar-refractivity contribution is -0.136. The summed E-state index contributed by atoms with van der Waals surface area (Å²) >= 11 is 3.91. The maximum absolute atomic E-state index is 10.4. The van der Waals surface area contributed by atoms with Gasteiger partial charge in [0.15, 0.2) is 0 Å². The molecule has 0 spiro atoms. The summed E-state index contributed by atoms with van der Waals surface area (Å²) in [5.74, 6) is -0.651. The maximum Gasteiger partial charge on any atom is 0.303 e. The molecule has 0 aliphatic heterocycles. The molecule has 0 saturated carbocycles. The fourth-order valence-electron chi connectivity index (χ4n) is 1.45. The Hall–Kier alpha value is -1.04. The predicted molar refractivity (Wildman–Crippen MR) is 67.2 cm³/mol. The van der Waals surface area contributed by atoms with Crippen LogP contribution in [-0.4, -0.2) is 33.1 Å². The van der Waals surface area contributed by atoms with Crippen molar-refractivity contribution in [3.8, 4) is 0 Å². The van der Waals surface area contributed by atoms with Crippen LogP contribution in [0.3, 0.4) is 0 Å². The molecule has 0 radical (unpaired) electrons. The van der Waals surface area contributed by atoms with Crippen molar-refractivity contribution in [2.75, 3.05) is 5.75 Å². The SMILES string of the molecule is O=C(O)CCc1ccc(C(O)C(O)CS)cc1. The number of aliphatic hydroxyl groups is 2. The Balaban J connectivity index is 2.64. The van der Waals surface area contributed by atoms with Gasteiger partial charge in [0.25, 0.3) is 0 Å². The van der Waals surface area contributed by atoms with Crippen LogP contribution in [-0.2, 0) is 11.2 Å². The summed E-state index contributed by atoms with van der Waals surface area (Å²) in [6, 6.07) is 6.89. The monoisotopic (exact) mass is 256 g/mol. The Morgan fingerprint density at radius 3 is 2.29 bits per heavy atom. The van der Waals surface area contributed by atoms with Gasteiger partial charge in [-0.05, 0) is 17.5 Å². The zero-order valence-corrected chi connectivity index (χ0v) is 10.2. The van der Waals surface area contributed by atoms with Crippen molar-refractivity contribution >= 4 is 18.6 Å². The zero-order valence-electron chi connectivity index (χ0n) is 9.28. The molecule has 1 aromatic rings. The van der Waals surface area contributed by atoms with E-state index >= 15 is 0 Å². The van der Waals surface area contributed by atoms with E-state index in [9.17, 15) is 15.0 Å². The summed E-state index contributed by atoms with van der Waals surface area (Å²) in [6.07, 6.45) is -1.31. The summed E-state index contributed by atoms with van der Waals surface area (Å²) in [5, 5.41) is 27.7. The van der Waals surface area contributed by atoms with Crippen molar-refractivity contribution < 1.29 is 20.1 Å². The molecule has 1 rings (SSSR count). The van der Waals surface area contributed by atoms with Crippen molar-refractivity contribution in [3.05, 3.63) is 35.4 Å². The van der Waals surface area contributed by atoms with Crippen LogP contribution in [0, 0.1) is 0 Å². The largest absolute Gasteiger partial charge is 0.481 e. The Kier molecular flexibility index (Phi) is 5.47. The third-order valence-electron chi connectivity index (χ3n) is 2.50. The quantitative estimate of drug-likeness (QED) is 0.573. The number of aryl methyl sites for hydroxylation is 1. The van der Waals surface area contributed by atoms with Gasteiger partial charge in [-0.3, -0.25) is 4.79 Å². The highest BCUT2D eigenvalue weighted by atomic mass is 32.1. The minimum Gasteiger partial charge on any atom is -0.481 e. The molecular weight excluding hydrogens is 240 g/mol. The van der Waals surface area contributed by atoms with Crippen LogP contribution < -0.4 is 0 Å². The highest BCUT2D eigenvalue weighted by Gasteiger charge is 2.16. The van der Waals surface area contributed by atoms with Crippen molar-refractivity contribution in [2.45, 2.75) is 25.0 Å². The van der Waals surface area contributed by atoms with Crippen molar-refractivity contribution in [1.82, 2.24) is 0 Å². The van der Waals surface area contributed by atoms with Gasteiger partial charge in [0.05, 0.1) is 6.10 Å². The van der Waals surface area contributed by atoms with E-state index in [0.717, 1.165) is 5.56 Å². The second kappa shape index (κ2) is 6.64. The highest BCUT2D eigenvalue weighted by molar-refractivity contribution is 7.80. The van der Waals surface area contributed by atoms with Gasteiger partial charge in [-0.1, -0.05) is 24.3 Å². The van der Waals surface area contributed by atoms with Gasteiger partial charge in [-0.25, -0.2) is 0 Å². The molecule has 94 valence electrons. The van der Waals surface area contributed by atoms with Crippen LogP contribution in [0.2, 0.25) is 0 Å². The molecule has 17 heavy (non-hydrogen) atoms. The Bertz CT molecular complexity index is 363. The number of aliphatic hydroxyl groups excluding tert-OH is 2. The van der Waals surface area contributed by atoms with Gasteiger partial charge in [0.1, 0.15) is 6.10 Å². The molecular formula is C12H16O4S. The van der Waals surface area contributed by atoms with E-state index < -0.39 is 18.2 Å². The molecule has 3 N–H and O–H groups in total. The number of carboxylic acids is 1. The molecule has 5 heteroatoms. The van der Waals surface area contributed by atoms with E-state index in [1.807, 2.05) is 0 Å². The zero-order chi connectivity index (χ0) is 12.8. The first kappa shape index (κ1) is 14.0. The van der Waals surface area contributed by atoms with Gasteiger partial charge < -0.3 is 15.3 Å². The molecule has 4 nitrogen and oxygen atoms in total. The van der Waals surface area contributed by atoms with Gasteiger partial charge in [0.2, 0.25) is 0 Å². The third kappa shape index (κ3) is 4.38. The second-order valence-electron chi connectivity index (χ2n) is 3.83. The number of hydrogen-bond donors (Lipinski definition) is 4. The molecule has 0 fully saturated rings. The van der Waals surface area contributed by atoms with E-state index in [2.05, 4.69) is 12.6 Å². The molecule has 0 saturated heterocycles. The van der Waals surface area contributed by atoms with E-state index in [0.29, 0.717) is 12.0 Å². The summed E-state index contributed by atoms with van der Waals surface area (Å²) < 4.78 is 0. The fourth-order valence-corrected chi connectivity index (χ4v) is 1.65. The molecule has 0 aromatic heterocycles. The van der Waals surface area contributed by atoms with Gasteiger partial charge in [-0.2, -0.15) is 12.6 Å². The first-order valence-electron chi connectivity index (χ1n) is 5.32. The lowest BCUT2D eigenvalue weighted by atomic mass is 10.0. The summed E-state index contributed by atoms with van der Waals surface area (Å²) in [5.41, 5.74) is 1.49. The van der Waals surface area contributed by atoms with Crippen molar-refractivity contribution in [1.29, 1.82) is 0 Å². The molecule has 0 amide bonds. The second-order valence-corrected chi connectivity index (χ2v) is 4.20. The molecule has 0 heterocycles. The average Bonchev–Trinajstić information content (AvgIpc) is 2.35. The number of carbonyl (C=O) groups is 1. The minimum atomic E-state index is -0.957. The van der Waals surface area contributed by atoms with Crippen LogP contribution in [0.4, 0.5) is 0 Å². The smallest absolute Gasteiger partial charge is 0.303 e. The van der Waals surface area contributed by atoms with Crippen molar-refractivity contribution in [3.63, 3.8) is 0 Å². The molecule has 0 aliphatic rings. The number of thiol groups is 1. The van der Waals surface area contributed by atoms with Gasteiger partial charge in [-0.15, -0.1) is 0 Å². The maximum atomic E-state index is 10.4. The minimum absolute atomic E-state index is 0.0845. The molecule has 2 atom stereocenters.